The van der Waals surface area contributed by atoms with Crippen molar-refractivity contribution < 1.29 is 24.6 Å². The van der Waals surface area contributed by atoms with E-state index in [0.29, 0.717) is 0 Å². The summed E-state index contributed by atoms with van der Waals surface area (Å²) in [5.74, 6) is 6.66. The van der Waals surface area contributed by atoms with E-state index in [4.69, 9.17) is 0 Å². The Morgan fingerprint density at radius 2 is 1.04 bits per heavy atom. The van der Waals surface area contributed by atoms with Crippen molar-refractivity contribution in [1.29, 1.82) is 0 Å². The molecule has 0 saturated carbocycles. The Morgan fingerprint density at radius 1 is 0.609 bits per heavy atom. The molecular weight excluding hydrogens is 465 g/mol. The van der Waals surface area contributed by atoms with Gasteiger partial charge in [-0.2, -0.15) is 0 Å². The molecule has 0 radical (unpaired) electrons. The first-order valence-electron chi connectivity index (χ1n) is 9.63. The van der Waals surface area contributed by atoms with Gasteiger partial charge in [0.15, 0.2) is 0 Å². The van der Waals surface area contributed by atoms with Crippen LogP contribution in [0, 0.1) is 18.7 Å². The van der Waals surface area contributed by atoms with Crippen molar-refractivity contribution in [3.05, 3.63) is 24.3 Å². The molecule has 0 aliphatic heterocycles. The van der Waals surface area contributed by atoms with Crippen LogP contribution in [0.4, 0.5) is 0 Å². The Kier molecular flexibility index (Phi) is 21.1. The van der Waals surface area contributed by atoms with Gasteiger partial charge in [0.25, 0.3) is 0 Å². The first kappa shape index (κ1) is 22.5. The molecule has 124 valence electrons. The molecule has 0 unspecified atom stereocenters. The second kappa shape index (κ2) is 21.5. The molecule has 0 saturated heterocycles. The topological polar surface area (TPSA) is 0 Å². The molecule has 23 heavy (non-hydrogen) atoms. The van der Waals surface area contributed by atoms with E-state index in [2.05, 4.69) is 56.9 Å². The van der Waals surface area contributed by atoms with E-state index in [1.807, 2.05) is 0 Å². The normalized spacial score (nSPS) is 10.2. The molecule has 0 amide bonds. The van der Waals surface area contributed by atoms with Gasteiger partial charge in [0.1, 0.15) is 0 Å². The van der Waals surface area contributed by atoms with Crippen molar-refractivity contribution in [2.24, 2.45) is 0 Å². The molecule has 0 atom stereocenters. The Morgan fingerprint density at radius 3 is 1.48 bits per heavy atom. The number of hydrogen-bond acceptors (Lipinski definition) is 0. The van der Waals surface area contributed by atoms with Crippen molar-refractivity contribution in [3.63, 3.8) is 0 Å². The summed E-state index contributed by atoms with van der Waals surface area (Å²) in [5.41, 5.74) is 0. The van der Waals surface area contributed by atoms with E-state index in [1.165, 1.54) is 64.2 Å². The molecule has 0 spiro atoms. The standard InChI is InChI=1S/2C11H17.Hg/c2*1-3-5-7-9-11-10-8-6-4-2;/h2*7,9H,3,5-6,8,10-11H2,1H3;/b2*9-7+;. The Bertz CT molecular complexity index is 369. The summed E-state index contributed by atoms with van der Waals surface area (Å²) in [4.78, 5) is 0. The fourth-order valence-electron chi connectivity index (χ4n) is 2.10. The van der Waals surface area contributed by atoms with Gasteiger partial charge in [-0.3, -0.25) is 0 Å². The Balaban J connectivity index is 3.35. The van der Waals surface area contributed by atoms with Crippen LogP contribution in [-0.4, -0.2) is 0 Å². The van der Waals surface area contributed by atoms with Gasteiger partial charge in [-0.05, 0) is 0 Å². The molecule has 0 aliphatic rings. The average Bonchev–Trinajstić information content (AvgIpc) is 2.57. The van der Waals surface area contributed by atoms with E-state index in [0.717, 1.165) is 12.8 Å². The van der Waals surface area contributed by atoms with Crippen LogP contribution >= 0.6 is 0 Å². The molecule has 0 heterocycles. The van der Waals surface area contributed by atoms with Crippen LogP contribution in [-0.2, 0) is 24.6 Å². The van der Waals surface area contributed by atoms with Crippen LogP contribution in [0.1, 0.15) is 90.9 Å². The quantitative estimate of drug-likeness (QED) is 0.120. The van der Waals surface area contributed by atoms with Gasteiger partial charge in [0, 0.05) is 0 Å². The van der Waals surface area contributed by atoms with Gasteiger partial charge in [-0.15, -0.1) is 0 Å². The van der Waals surface area contributed by atoms with Gasteiger partial charge in [-0.25, -0.2) is 0 Å². The van der Waals surface area contributed by atoms with Gasteiger partial charge in [-0.1, -0.05) is 0 Å². The summed E-state index contributed by atoms with van der Waals surface area (Å²) in [5, 5.41) is 0. The number of hydrogen-bond donors (Lipinski definition) is 0. The third-order valence-corrected chi connectivity index (χ3v) is 6.83. The van der Waals surface area contributed by atoms with Crippen LogP contribution in [0.3, 0.4) is 0 Å². The van der Waals surface area contributed by atoms with Gasteiger partial charge < -0.3 is 0 Å². The molecule has 0 bridgehead atoms. The van der Waals surface area contributed by atoms with E-state index < -0.39 is 24.6 Å². The maximum atomic E-state index is 3.39. The van der Waals surface area contributed by atoms with Gasteiger partial charge in [0.2, 0.25) is 0 Å². The number of allylic oxidation sites excluding steroid dienone is 4. The van der Waals surface area contributed by atoms with Crippen molar-refractivity contribution in [2.45, 2.75) is 90.9 Å². The third kappa shape index (κ3) is 21.5. The van der Waals surface area contributed by atoms with Crippen LogP contribution in [0.15, 0.2) is 24.3 Å². The van der Waals surface area contributed by atoms with Crippen LogP contribution in [0.2, 0.25) is 0 Å². The summed E-state index contributed by atoms with van der Waals surface area (Å²) in [6.45, 7) is 4.45. The monoisotopic (exact) mass is 500 g/mol. The maximum absolute atomic E-state index is 3.39. The number of rotatable bonds is 12. The van der Waals surface area contributed by atoms with Gasteiger partial charge >= 0.3 is 158 Å². The van der Waals surface area contributed by atoms with E-state index in [-0.39, 0.29) is 0 Å². The van der Waals surface area contributed by atoms with Crippen molar-refractivity contribution in [1.82, 2.24) is 0 Å². The molecular formula is C22H34Hg. The second-order valence-electron chi connectivity index (χ2n) is 5.90. The minimum atomic E-state index is -1.15. The number of unbranched alkanes of at least 4 members (excludes halogenated alkanes) is 8. The summed E-state index contributed by atoms with van der Waals surface area (Å²) in [6, 6.07) is 0. The van der Waals surface area contributed by atoms with E-state index in [1.54, 1.807) is 0 Å². The van der Waals surface area contributed by atoms with Gasteiger partial charge in [0.05, 0.1) is 0 Å². The van der Waals surface area contributed by atoms with E-state index in [9.17, 15) is 0 Å². The molecule has 0 nitrogen and oxygen atoms in total. The first-order valence-corrected chi connectivity index (χ1v) is 15.1. The molecule has 0 aromatic rings. The van der Waals surface area contributed by atoms with Crippen LogP contribution < -0.4 is 0 Å². The van der Waals surface area contributed by atoms with Crippen molar-refractivity contribution in [3.8, 4) is 18.7 Å². The first-order chi connectivity index (χ1) is 11.4. The fourth-order valence-corrected chi connectivity index (χ4v) is 4.79. The summed E-state index contributed by atoms with van der Waals surface area (Å²) >= 11 is -1.15. The Labute approximate surface area is 158 Å². The predicted molar refractivity (Wildman–Crippen MR) is 101 cm³/mol. The molecule has 0 aromatic heterocycles. The third-order valence-electron chi connectivity index (χ3n) is 3.52. The predicted octanol–water partition coefficient (Wildman–Crippen LogP) is 6.82. The van der Waals surface area contributed by atoms with Crippen LogP contribution in [0.25, 0.3) is 0 Å². The SMILES string of the molecule is CCC/C=C/CCCCC#[C][Hg][C]#CCCCC/C=C/CCC. The van der Waals surface area contributed by atoms with Crippen molar-refractivity contribution >= 4 is 0 Å². The van der Waals surface area contributed by atoms with Crippen LogP contribution in [0.5, 0.6) is 0 Å². The fraction of sp³-hybridized carbons (Fsp3) is 0.636. The Hall–Kier alpha value is -0.465. The molecule has 0 aliphatic carbocycles. The zero-order valence-corrected chi connectivity index (χ0v) is 21.0. The zero-order chi connectivity index (χ0) is 16.8. The molecule has 0 fully saturated rings. The molecule has 0 rings (SSSR count). The van der Waals surface area contributed by atoms with Crippen molar-refractivity contribution in [2.75, 3.05) is 0 Å². The average molecular weight is 499 g/mol. The molecule has 1 heteroatoms. The summed E-state index contributed by atoms with van der Waals surface area (Å²) < 4.78 is 6.78. The molecule has 0 N–H and O–H groups in total. The second-order valence-corrected chi connectivity index (χ2v) is 10.0. The minimum absolute atomic E-state index is 1.08. The zero-order valence-electron chi connectivity index (χ0n) is 15.5. The summed E-state index contributed by atoms with van der Waals surface area (Å²) in [7, 11) is 0. The molecule has 0 aromatic carbocycles. The van der Waals surface area contributed by atoms with E-state index >= 15 is 0 Å². The summed E-state index contributed by atoms with van der Waals surface area (Å²) in [6.07, 6.45) is 23.9.